The maximum Gasteiger partial charge on any atom is 0.344 e. The maximum atomic E-state index is 13.0. The lowest BCUT2D eigenvalue weighted by Gasteiger charge is -2.39. The van der Waals surface area contributed by atoms with Gasteiger partial charge in [0.05, 0.1) is 25.2 Å². The van der Waals surface area contributed by atoms with Gasteiger partial charge in [0.15, 0.2) is 0 Å². The molecule has 10 heteroatoms. The Morgan fingerprint density at radius 1 is 1.34 bits per heavy atom. The molecule has 0 aromatic heterocycles. The average Bonchev–Trinajstić information content (AvgIpc) is 3.11. The summed E-state index contributed by atoms with van der Waals surface area (Å²) in [7, 11) is -2.20. The van der Waals surface area contributed by atoms with Crippen molar-refractivity contribution in [3.63, 3.8) is 0 Å². The first-order chi connectivity index (χ1) is 13.4. The van der Waals surface area contributed by atoms with Gasteiger partial charge in [0.25, 0.3) is 5.91 Å². The minimum Gasteiger partial charge on any atom is -0.351 e. The van der Waals surface area contributed by atoms with Crippen LogP contribution in [0.1, 0.15) is 40.5 Å². The summed E-state index contributed by atoms with van der Waals surface area (Å²) in [6.07, 6.45) is 3.08. The van der Waals surface area contributed by atoms with Crippen LogP contribution in [0.5, 0.6) is 0 Å². The fourth-order valence-electron chi connectivity index (χ4n) is 3.51. The summed E-state index contributed by atoms with van der Waals surface area (Å²) in [5.74, 6) is -0.407. The molecule has 1 unspecified atom stereocenters. The van der Waals surface area contributed by atoms with E-state index in [1.807, 2.05) is 13.0 Å². The molecule has 3 aliphatic rings. The van der Waals surface area contributed by atoms with Crippen LogP contribution in [-0.2, 0) is 19.0 Å². The number of nitrogens with zero attached hydrogens (tertiary/aromatic N) is 2. The molecule has 3 rings (SSSR count). The van der Waals surface area contributed by atoms with Gasteiger partial charge in [-0.2, -0.15) is 0 Å². The highest BCUT2D eigenvalue weighted by Gasteiger charge is 2.51. The second-order valence-corrected chi connectivity index (χ2v) is 14.3. The van der Waals surface area contributed by atoms with Gasteiger partial charge in [-0.15, -0.1) is 0 Å². The van der Waals surface area contributed by atoms with Crippen molar-refractivity contribution in [3.05, 3.63) is 11.6 Å². The van der Waals surface area contributed by atoms with Crippen LogP contribution in [-0.4, -0.2) is 67.4 Å². The summed E-state index contributed by atoms with van der Waals surface area (Å²) in [5, 5.41) is 4.18. The van der Waals surface area contributed by atoms with Crippen LogP contribution >= 0.6 is 0 Å². The molecule has 0 aliphatic carbocycles. The van der Waals surface area contributed by atoms with E-state index in [1.54, 1.807) is 0 Å². The predicted molar refractivity (Wildman–Crippen MR) is 109 cm³/mol. The number of nitrogens with one attached hydrogen (secondary N) is 2. The van der Waals surface area contributed by atoms with E-state index in [1.165, 1.54) is 9.96 Å². The Kier molecular flexibility index (Phi) is 5.81. The van der Waals surface area contributed by atoms with E-state index in [4.69, 9.17) is 9.36 Å². The lowest BCUT2D eigenvalue weighted by Crippen LogP contribution is -2.51. The van der Waals surface area contributed by atoms with Gasteiger partial charge in [0.1, 0.15) is 6.04 Å². The highest BCUT2D eigenvalue weighted by atomic mass is 28.4. The number of rotatable bonds is 6. The molecular formula is C19H32N4O5Si. The molecule has 2 fully saturated rings. The smallest absolute Gasteiger partial charge is 0.344 e. The number of urea groups is 1. The van der Waals surface area contributed by atoms with Gasteiger partial charge in [-0.1, -0.05) is 26.8 Å². The lowest BCUT2D eigenvalue weighted by molar-refractivity contribution is -0.137. The largest absolute Gasteiger partial charge is 0.351 e. The van der Waals surface area contributed by atoms with Crippen LogP contribution in [0.25, 0.3) is 0 Å². The zero-order chi connectivity index (χ0) is 21.6. The molecule has 29 heavy (non-hydrogen) atoms. The Morgan fingerprint density at radius 2 is 2.03 bits per heavy atom. The molecule has 0 spiro atoms. The van der Waals surface area contributed by atoms with Gasteiger partial charge < -0.3 is 14.7 Å². The van der Waals surface area contributed by atoms with Crippen LogP contribution in [0.2, 0.25) is 18.1 Å². The van der Waals surface area contributed by atoms with Crippen molar-refractivity contribution in [3.8, 4) is 0 Å². The Balaban J connectivity index is 1.62. The third kappa shape index (κ3) is 4.34. The summed E-state index contributed by atoms with van der Waals surface area (Å²) >= 11 is 0. The molecule has 0 aromatic rings. The monoisotopic (exact) mass is 424 g/mol. The molecule has 2 bridgehead atoms. The van der Waals surface area contributed by atoms with E-state index < -0.39 is 20.3 Å². The Labute approximate surface area is 172 Å². The van der Waals surface area contributed by atoms with Crippen molar-refractivity contribution in [2.75, 3.05) is 13.2 Å². The first-order valence-corrected chi connectivity index (χ1v) is 13.0. The number of fused-ring (bicyclic) bond motifs is 2. The Hall–Kier alpha value is -1.91. The fraction of sp³-hybridized carbons (Fsp3) is 0.737. The average molecular weight is 425 g/mol. The molecule has 2 saturated heterocycles. The molecule has 3 atom stereocenters. The molecule has 0 radical (unpaired) electrons. The highest BCUT2D eigenvalue weighted by Crippen LogP contribution is 2.39. The van der Waals surface area contributed by atoms with Gasteiger partial charge in [-0.3, -0.25) is 14.4 Å². The highest BCUT2D eigenvalue weighted by molar-refractivity contribution is 6.74. The molecule has 162 valence electrons. The molecule has 2 N–H and O–H groups in total. The van der Waals surface area contributed by atoms with Gasteiger partial charge in [0.2, 0.25) is 14.2 Å². The second-order valence-electron chi connectivity index (χ2n) is 9.57. The number of carbonyl (C=O) groups excluding carboxylic acids is 3. The van der Waals surface area contributed by atoms with Crippen LogP contribution < -0.4 is 10.8 Å². The third-order valence-electron chi connectivity index (χ3n) is 6.24. The molecule has 0 aromatic carbocycles. The third-order valence-corrected chi connectivity index (χ3v) is 10.5. The number of amides is 4. The van der Waals surface area contributed by atoms with E-state index in [0.717, 1.165) is 5.57 Å². The molecule has 3 aliphatic heterocycles. The molecular weight excluding hydrogens is 392 g/mol. The van der Waals surface area contributed by atoms with Gasteiger partial charge in [-0.25, -0.2) is 15.3 Å². The fourth-order valence-corrected chi connectivity index (χ4v) is 4.49. The van der Waals surface area contributed by atoms with E-state index >= 15 is 0 Å². The van der Waals surface area contributed by atoms with E-state index in [-0.39, 0.29) is 35.7 Å². The van der Waals surface area contributed by atoms with Crippen LogP contribution in [0.4, 0.5) is 4.79 Å². The second kappa shape index (κ2) is 7.73. The van der Waals surface area contributed by atoms with Crippen LogP contribution in [0.3, 0.4) is 0 Å². The summed E-state index contributed by atoms with van der Waals surface area (Å²) in [6, 6.07) is -1.33. The number of hydroxylamine groups is 3. The lowest BCUT2D eigenvalue weighted by atomic mass is 10.0. The van der Waals surface area contributed by atoms with Crippen LogP contribution in [0.15, 0.2) is 11.6 Å². The first-order valence-electron chi connectivity index (χ1n) is 10.1. The summed E-state index contributed by atoms with van der Waals surface area (Å²) in [5.41, 5.74) is 3.22. The molecule has 4 amide bonds. The quantitative estimate of drug-likeness (QED) is 0.384. The SMILES string of the molecule is CC1=C[C@@H]2CN(C(=O)N2O[Si](C)(C)C(C)(C)C)[C@@H]1C(=O)NOCC1CCC(=O)N1. The van der Waals surface area contributed by atoms with Gasteiger partial charge >= 0.3 is 6.03 Å². The van der Waals surface area contributed by atoms with Crippen molar-refractivity contribution in [1.82, 2.24) is 20.8 Å². The van der Waals surface area contributed by atoms with Gasteiger partial charge in [0, 0.05) is 6.42 Å². The van der Waals surface area contributed by atoms with Crippen molar-refractivity contribution in [1.29, 1.82) is 0 Å². The zero-order valence-electron chi connectivity index (χ0n) is 18.1. The van der Waals surface area contributed by atoms with E-state index in [9.17, 15) is 14.4 Å². The van der Waals surface area contributed by atoms with Crippen molar-refractivity contribution in [2.24, 2.45) is 0 Å². The Bertz CT molecular complexity index is 733. The minimum atomic E-state index is -2.20. The molecule has 3 heterocycles. The van der Waals surface area contributed by atoms with Crippen molar-refractivity contribution >= 4 is 26.2 Å². The standard InChI is InChI=1S/C19H32N4O5Si/c1-12-9-14-10-22(18(26)23(14)28-29(5,6)19(2,3)4)16(12)17(25)21-27-11-13-7-8-15(24)20-13/h9,13-14,16H,7-8,10-11H2,1-6H3,(H,20,24)(H,21,25)/t13?,14-,16+/m1/s1. The predicted octanol–water partition coefficient (Wildman–Crippen LogP) is 1.68. The number of carbonyl (C=O) groups is 3. The van der Waals surface area contributed by atoms with Crippen LogP contribution in [0, 0.1) is 0 Å². The minimum absolute atomic E-state index is 0.00786. The van der Waals surface area contributed by atoms with E-state index in [0.29, 0.717) is 19.4 Å². The summed E-state index contributed by atoms with van der Waals surface area (Å²) in [4.78, 5) is 43.8. The normalized spacial score (nSPS) is 27.2. The maximum absolute atomic E-state index is 13.0. The number of hydrogen-bond donors (Lipinski definition) is 2. The first kappa shape index (κ1) is 21.8. The van der Waals surface area contributed by atoms with Gasteiger partial charge in [-0.05, 0) is 37.0 Å². The van der Waals surface area contributed by atoms with Crippen molar-refractivity contribution in [2.45, 2.75) is 76.8 Å². The molecule has 0 saturated carbocycles. The molecule has 9 nitrogen and oxygen atoms in total. The Morgan fingerprint density at radius 3 is 2.62 bits per heavy atom. The summed E-state index contributed by atoms with van der Waals surface area (Å²) in [6.45, 7) is 13.0. The zero-order valence-corrected chi connectivity index (χ0v) is 19.1. The number of hydrogen-bond acceptors (Lipinski definition) is 5. The van der Waals surface area contributed by atoms with E-state index in [2.05, 4.69) is 44.7 Å². The summed E-state index contributed by atoms with van der Waals surface area (Å²) < 4.78 is 6.26. The van der Waals surface area contributed by atoms with Crippen molar-refractivity contribution < 1.29 is 23.7 Å². The topological polar surface area (TPSA) is 100 Å².